The molecule has 2 aromatic carbocycles. The lowest BCUT2D eigenvalue weighted by Gasteiger charge is -2.14. The van der Waals surface area contributed by atoms with Gasteiger partial charge in [-0.25, -0.2) is 4.79 Å². The van der Waals surface area contributed by atoms with E-state index in [0.29, 0.717) is 16.9 Å². The van der Waals surface area contributed by atoms with Crippen molar-refractivity contribution in [2.45, 2.75) is 33.4 Å². The van der Waals surface area contributed by atoms with Gasteiger partial charge in [0.15, 0.2) is 0 Å². The van der Waals surface area contributed by atoms with Gasteiger partial charge in [-0.1, -0.05) is 31.2 Å². The highest BCUT2D eigenvalue weighted by Gasteiger charge is 2.13. The van der Waals surface area contributed by atoms with Crippen molar-refractivity contribution < 1.29 is 9.59 Å². The van der Waals surface area contributed by atoms with Crippen LogP contribution in [0.1, 0.15) is 36.7 Å². The van der Waals surface area contributed by atoms with Crippen molar-refractivity contribution >= 4 is 35.7 Å². The first-order valence-electron chi connectivity index (χ1n) is 8.77. The van der Waals surface area contributed by atoms with Crippen LogP contribution in [0.2, 0.25) is 0 Å². The third-order valence-electron chi connectivity index (χ3n) is 3.60. The van der Waals surface area contributed by atoms with Gasteiger partial charge in [0, 0.05) is 18.3 Å². The first-order valence-corrected chi connectivity index (χ1v) is 8.77. The highest BCUT2D eigenvalue weighted by atomic mass is 35.5. The molecule has 6 nitrogen and oxygen atoms in total. The summed E-state index contributed by atoms with van der Waals surface area (Å²) in [6, 6.07) is 14.3. The van der Waals surface area contributed by atoms with Crippen LogP contribution in [0, 0.1) is 0 Å². The van der Waals surface area contributed by atoms with Crippen molar-refractivity contribution in [1.29, 1.82) is 0 Å². The molecule has 0 saturated carbocycles. The second kappa shape index (κ2) is 11.2. The van der Waals surface area contributed by atoms with Gasteiger partial charge in [-0.3, -0.25) is 4.79 Å². The Labute approximate surface area is 166 Å². The number of amides is 3. The van der Waals surface area contributed by atoms with E-state index in [1.165, 1.54) is 0 Å². The summed E-state index contributed by atoms with van der Waals surface area (Å²) in [7, 11) is 0. The van der Waals surface area contributed by atoms with E-state index in [4.69, 9.17) is 0 Å². The third kappa shape index (κ3) is 7.29. The van der Waals surface area contributed by atoms with E-state index in [2.05, 4.69) is 21.3 Å². The summed E-state index contributed by atoms with van der Waals surface area (Å²) in [5.74, 6) is -0.272. The van der Waals surface area contributed by atoms with Crippen molar-refractivity contribution in [3.8, 4) is 0 Å². The van der Waals surface area contributed by atoms with Gasteiger partial charge < -0.3 is 21.3 Å². The number of benzene rings is 2. The zero-order valence-corrected chi connectivity index (χ0v) is 16.7. The number of nitrogens with one attached hydrogen (secondary N) is 4. The van der Waals surface area contributed by atoms with Crippen LogP contribution < -0.4 is 21.3 Å². The molecule has 27 heavy (non-hydrogen) atoms. The summed E-state index contributed by atoms with van der Waals surface area (Å²) in [4.78, 5) is 24.6. The van der Waals surface area contributed by atoms with Gasteiger partial charge in [0.1, 0.15) is 0 Å². The summed E-state index contributed by atoms with van der Waals surface area (Å²) in [6.07, 6.45) is 0. The fourth-order valence-corrected chi connectivity index (χ4v) is 2.44. The van der Waals surface area contributed by atoms with Crippen LogP contribution in [0.25, 0.3) is 0 Å². The molecule has 0 atom stereocenters. The summed E-state index contributed by atoms with van der Waals surface area (Å²) < 4.78 is 0. The van der Waals surface area contributed by atoms with Gasteiger partial charge in [0.25, 0.3) is 5.91 Å². The maximum absolute atomic E-state index is 12.7. The van der Waals surface area contributed by atoms with E-state index in [0.717, 1.165) is 18.7 Å². The predicted molar refractivity (Wildman–Crippen MR) is 113 cm³/mol. The summed E-state index contributed by atoms with van der Waals surface area (Å²) in [6.45, 7) is 7.42. The Bertz CT molecular complexity index is 765. The van der Waals surface area contributed by atoms with Gasteiger partial charge >= 0.3 is 6.03 Å². The van der Waals surface area contributed by atoms with Crippen molar-refractivity contribution in [3.05, 3.63) is 59.7 Å². The first-order chi connectivity index (χ1) is 12.5. The van der Waals surface area contributed by atoms with E-state index in [-0.39, 0.29) is 30.4 Å². The van der Waals surface area contributed by atoms with Gasteiger partial charge in [-0.2, -0.15) is 0 Å². The molecule has 146 valence electrons. The second-order valence-electron chi connectivity index (χ2n) is 6.23. The molecule has 0 saturated heterocycles. The SMILES string of the molecule is CCNCc1cccc(NC(=O)c2ccccc2NC(=O)NC(C)C)c1.Cl. The number of carbonyl (C=O) groups excluding carboxylic acids is 2. The fraction of sp³-hybridized carbons (Fsp3) is 0.300. The Morgan fingerprint density at radius 2 is 1.74 bits per heavy atom. The number of anilines is 2. The molecule has 0 fully saturated rings. The number of hydrogen-bond acceptors (Lipinski definition) is 3. The van der Waals surface area contributed by atoms with E-state index in [1.807, 2.05) is 45.0 Å². The standard InChI is InChI=1S/C20H26N4O2.ClH/c1-4-21-13-15-8-7-9-16(12-15)23-19(25)17-10-5-6-11-18(17)24-20(26)22-14(2)3;/h5-12,14,21H,4,13H2,1-3H3,(H,23,25)(H2,22,24,26);1H. The van der Waals surface area contributed by atoms with E-state index < -0.39 is 0 Å². The topological polar surface area (TPSA) is 82.3 Å². The zero-order chi connectivity index (χ0) is 18.9. The van der Waals surface area contributed by atoms with Crippen LogP contribution in [0.5, 0.6) is 0 Å². The molecule has 2 rings (SSSR count). The molecule has 7 heteroatoms. The smallest absolute Gasteiger partial charge is 0.319 e. The van der Waals surface area contributed by atoms with Crippen molar-refractivity contribution in [1.82, 2.24) is 10.6 Å². The van der Waals surface area contributed by atoms with Crippen LogP contribution in [-0.4, -0.2) is 24.5 Å². The molecule has 0 unspecified atom stereocenters. The van der Waals surface area contributed by atoms with E-state index in [1.54, 1.807) is 24.3 Å². The number of rotatable bonds is 7. The van der Waals surface area contributed by atoms with Crippen molar-refractivity contribution in [2.24, 2.45) is 0 Å². The van der Waals surface area contributed by atoms with Crippen molar-refractivity contribution in [2.75, 3.05) is 17.2 Å². The van der Waals surface area contributed by atoms with Gasteiger partial charge in [0.2, 0.25) is 0 Å². The zero-order valence-electron chi connectivity index (χ0n) is 15.8. The number of para-hydroxylation sites is 1. The number of hydrogen-bond donors (Lipinski definition) is 4. The van der Waals surface area contributed by atoms with E-state index >= 15 is 0 Å². The van der Waals surface area contributed by atoms with Crippen LogP contribution in [-0.2, 0) is 6.54 Å². The molecule has 3 amide bonds. The lowest BCUT2D eigenvalue weighted by atomic mass is 10.1. The lowest BCUT2D eigenvalue weighted by molar-refractivity contribution is 0.102. The minimum atomic E-state index is -0.340. The van der Waals surface area contributed by atoms with Crippen LogP contribution in [0.4, 0.5) is 16.2 Å². The molecule has 0 spiro atoms. The van der Waals surface area contributed by atoms with Gasteiger partial charge in [0.05, 0.1) is 11.3 Å². The minimum absolute atomic E-state index is 0. The molecule has 0 aromatic heterocycles. The minimum Gasteiger partial charge on any atom is -0.336 e. The highest BCUT2D eigenvalue weighted by molar-refractivity contribution is 6.10. The van der Waals surface area contributed by atoms with Gasteiger partial charge in [-0.15, -0.1) is 12.4 Å². The molecule has 0 aliphatic rings. The molecular weight excluding hydrogens is 364 g/mol. The summed E-state index contributed by atoms with van der Waals surface area (Å²) in [5.41, 5.74) is 2.68. The maximum Gasteiger partial charge on any atom is 0.319 e. The molecule has 2 aromatic rings. The average molecular weight is 391 g/mol. The number of halogens is 1. The summed E-state index contributed by atoms with van der Waals surface area (Å²) >= 11 is 0. The molecule has 0 aliphatic heterocycles. The van der Waals surface area contributed by atoms with Crippen LogP contribution in [0.3, 0.4) is 0 Å². The maximum atomic E-state index is 12.7. The van der Waals surface area contributed by atoms with Crippen LogP contribution in [0.15, 0.2) is 48.5 Å². The monoisotopic (exact) mass is 390 g/mol. The lowest BCUT2D eigenvalue weighted by Crippen LogP contribution is -2.34. The Balaban J connectivity index is 0.00000364. The Hall–Kier alpha value is -2.57. The Morgan fingerprint density at radius 3 is 2.44 bits per heavy atom. The highest BCUT2D eigenvalue weighted by Crippen LogP contribution is 2.18. The second-order valence-corrected chi connectivity index (χ2v) is 6.23. The number of carbonyl (C=O) groups is 2. The van der Waals surface area contributed by atoms with Gasteiger partial charge in [-0.05, 0) is 50.2 Å². The first kappa shape index (κ1) is 22.5. The quantitative estimate of drug-likeness (QED) is 0.576. The predicted octanol–water partition coefficient (Wildman–Crippen LogP) is 4.00. The molecular formula is C20H27ClN4O2. The normalized spacial score (nSPS) is 10.1. The fourth-order valence-electron chi connectivity index (χ4n) is 2.44. The summed E-state index contributed by atoms with van der Waals surface area (Å²) in [5, 5.41) is 11.6. The molecule has 0 bridgehead atoms. The third-order valence-corrected chi connectivity index (χ3v) is 3.60. The molecule has 0 aliphatic carbocycles. The molecule has 4 N–H and O–H groups in total. The van der Waals surface area contributed by atoms with Crippen molar-refractivity contribution in [3.63, 3.8) is 0 Å². The largest absolute Gasteiger partial charge is 0.336 e. The van der Waals surface area contributed by atoms with Crippen LogP contribution >= 0.6 is 12.4 Å². The average Bonchev–Trinajstić information content (AvgIpc) is 2.60. The molecule has 0 radical (unpaired) electrons. The molecule has 0 heterocycles. The van der Waals surface area contributed by atoms with E-state index in [9.17, 15) is 9.59 Å². The Morgan fingerprint density at radius 1 is 1.00 bits per heavy atom. The Kier molecular flexibility index (Phi) is 9.33. The number of urea groups is 1.